The Morgan fingerprint density at radius 1 is 1.38 bits per heavy atom. The van der Waals surface area contributed by atoms with Gasteiger partial charge in [0.25, 0.3) is 0 Å². The van der Waals surface area contributed by atoms with E-state index in [9.17, 15) is 0 Å². The summed E-state index contributed by atoms with van der Waals surface area (Å²) in [5, 5.41) is 3.50. The third-order valence-electron chi connectivity index (χ3n) is 4.17. The molecule has 1 aromatic rings. The number of unbranched alkanes of at least 4 members (excludes halogenated alkanes) is 1. The molecule has 136 valence electrons. The number of guanidine groups is 1. The smallest absolute Gasteiger partial charge is 0.193 e. The highest BCUT2D eigenvalue weighted by molar-refractivity contribution is 14.0. The average Bonchev–Trinajstić information content (AvgIpc) is 2.59. The summed E-state index contributed by atoms with van der Waals surface area (Å²) in [5.74, 6) is 2.23. The number of nitrogens with zero attached hydrogens (tertiary/aromatic N) is 2. The predicted octanol–water partition coefficient (Wildman–Crippen LogP) is 3.70. The van der Waals surface area contributed by atoms with E-state index in [1.807, 2.05) is 18.8 Å². The maximum absolute atomic E-state index is 6.00. The molecule has 0 spiro atoms. The average molecular weight is 463 g/mol. The zero-order valence-electron chi connectivity index (χ0n) is 15.0. The van der Waals surface area contributed by atoms with Crippen molar-refractivity contribution in [3.8, 4) is 0 Å². The molecule has 1 unspecified atom stereocenters. The summed E-state index contributed by atoms with van der Waals surface area (Å²) in [7, 11) is 1.86. The van der Waals surface area contributed by atoms with E-state index < -0.39 is 0 Å². The van der Waals surface area contributed by atoms with E-state index in [1.54, 1.807) is 0 Å². The van der Waals surface area contributed by atoms with Crippen LogP contribution in [0, 0.1) is 6.92 Å². The fraction of sp³-hybridized carbons (Fsp3) is 0.611. The van der Waals surface area contributed by atoms with Gasteiger partial charge in [-0.2, -0.15) is 11.8 Å². The van der Waals surface area contributed by atoms with Gasteiger partial charge in [-0.3, -0.25) is 4.99 Å². The van der Waals surface area contributed by atoms with Crippen LogP contribution in [-0.2, 0) is 4.74 Å². The van der Waals surface area contributed by atoms with Crippen LogP contribution in [0.5, 0.6) is 0 Å². The van der Waals surface area contributed by atoms with Crippen LogP contribution in [0.15, 0.2) is 29.3 Å². The third-order valence-corrected chi connectivity index (χ3v) is 4.87. The van der Waals surface area contributed by atoms with Gasteiger partial charge in [-0.15, -0.1) is 24.0 Å². The number of hydrogen-bond donors (Lipinski definition) is 1. The molecule has 0 saturated carbocycles. The van der Waals surface area contributed by atoms with Gasteiger partial charge in [0.2, 0.25) is 0 Å². The fourth-order valence-electron chi connectivity index (χ4n) is 2.88. The molecule has 24 heavy (non-hydrogen) atoms. The first-order valence-corrected chi connectivity index (χ1v) is 9.77. The minimum Gasteiger partial charge on any atom is -0.370 e. The lowest BCUT2D eigenvalue weighted by molar-refractivity contribution is -0.00830. The fourth-order valence-corrected chi connectivity index (χ4v) is 3.37. The van der Waals surface area contributed by atoms with Gasteiger partial charge in [-0.1, -0.05) is 24.3 Å². The van der Waals surface area contributed by atoms with E-state index in [4.69, 9.17) is 4.74 Å². The summed E-state index contributed by atoms with van der Waals surface area (Å²) in [4.78, 5) is 6.77. The topological polar surface area (TPSA) is 36.9 Å². The Bertz CT molecular complexity index is 513. The molecule has 0 radical (unpaired) electrons. The molecule has 0 aromatic heterocycles. The van der Waals surface area contributed by atoms with Gasteiger partial charge in [0.05, 0.1) is 13.2 Å². The second-order valence-corrected chi connectivity index (χ2v) is 6.82. The summed E-state index contributed by atoms with van der Waals surface area (Å²) >= 11 is 1.91. The largest absolute Gasteiger partial charge is 0.370 e. The summed E-state index contributed by atoms with van der Waals surface area (Å²) in [6, 6.07) is 8.48. The Morgan fingerprint density at radius 3 is 2.88 bits per heavy atom. The highest BCUT2D eigenvalue weighted by Gasteiger charge is 2.24. The van der Waals surface area contributed by atoms with E-state index in [0.29, 0.717) is 0 Å². The molecular weight excluding hydrogens is 433 g/mol. The van der Waals surface area contributed by atoms with E-state index in [-0.39, 0.29) is 30.1 Å². The Morgan fingerprint density at radius 2 is 2.17 bits per heavy atom. The number of aryl methyl sites for hydroxylation is 1. The van der Waals surface area contributed by atoms with Gasteiger partial charge in [0, 0.05) is 20.1 Å². The van der Waals surface area contributed by atoms with Gasteiger partial charge < -0.3 is 15.0 Å². The lowest BCUT2D eigenvalue weighted by Gasteiger charge is -2.35. The van der Waals surface area contributed by atoms with Crippen molar-refractivity contribution in [3.05, 3.63) is 35.4 Å². The van der Waals surface area contributed by atoms with Crippen LogP contribution in [0.3, 0.4) is 0 Å². The number of aliphatic imine (C=N–C) groups is 1. The van der Waals surface area contributed by atoms with Crippen molar-refractivity contribution < 1.29 is 4.74 Å². The Balaban J connectivity index is 0.00000288. The number of benzene rings is 1. The van der Waals surface area contributed by atoms with E-state index >= 15 is 0 Å². The molecule has 1 aliphatic rings. The SMILES string of the molecule is CN=C(NCCCCSC)N1CCOC(c2ccccc2C)C1.I. The predicted molar refractivity (Wildman–Crippen MR) is 116 cm³/mol. The van der Waals surface area contributed by atoms with Crippen molar-refractivity contribution in [1.29, 1.82) is 0 Å². The standard InChI is InChI=1S/C18H29N3OS.HI/c1-15-8-4-5-9-16(15)17-14-21(11-12-22-17)18(19-2)20-10-6-7-13-23-3;/h4-5,8-9,17H,6-7,10-14H2,1-3H3,(H,19,20);1H. The van der Waals surface area contributed by atoms with E-state index in [1.165, 1.54) is 29.7 Å². The molecule has 1 fully saturated rings. The Kier molecular flexibility index (Phi) is 10.8. The van der Waals surface area contributed by atoms with Gasteiger partial charge in [-0.05, 0) is 42.9 Å². The lowest BCUT2D eigenvalue weighted by atomic mass is 10.0. The highest BCUT2D eigenvalue weighted by Crippen LogP contribution is 2.24. The molecule has 0 aliphatic carbocycles. The zero-order valence-corrected chi connectivity index (χ0v) is 18.1. The van der Waals surface area contributed by atoms with Crippen molar-refractivity contribution in [2.24, 2.45) is 4.99 Å². The minimum absolute atomic E-state index is 0. The second kappa shape index (κ2) is 12.0. The monoisotopic (exact) mass is 463 g/mol. The van der Waals surface area contributed by atoms with Crippen LogP contribution >= 0.6 is 35.7 Å². The van der Waals surface area contributed by atoms with Crippen molar-refractivity contribution in [1.82, 2.24) is 10.2 Å². The van der Waals surface area contributed by atoms with Crippen LogP contribution in [-0.4, -0.2) is 56.2 Å². The van der Waals surface area contributed by atoms with Crippen LogP contribution in [0.25, 0.3) is 0 Å². The number of rotatable bonds is 6. The molecule has 0 amide bonds. The van der Waals surface area contributed by atoms with Crippen molar-refractivity contribution in [2.45, 2.75) is 25.9 Å². The number of nitrogens with one attached hydrogen (secondary N) is 1. The van der Waals surface area contributed by atoms with Gasteiger partial charge in [-0.25, -0.2) is 0 Å². The van der Waals surface area contributed by atoms with Crippen LogP contribution in [0.2, 0.25) is 0 Å². The molecule has 0 bridgehead atoms. The summed E-state index contributed by atoms with van der Waals surface area (Å²) in [6.07, 6.45) is 4.72. The van der Waals surface area contributed by atoms with Crippen LogP contribution < -0.4 is 5.32 Å². The minimum atomic E-state index is 0. The quantitative estimate of drug-likeness (QED) is 0.302. The number of ether oxygens (including phenoxy) is 1. The summed E-state index contributed by atoms with van der Waals surface area (Å²) in [6.45, 7) is 5.63. The Labute approximate surface area is 167 Å². The van der Waals surface area contributed by atoms with Gasteiger partial charge >= 0.3 is 0 Å². The summed E-state index contributed by atoms with van der Waals surface area (Å²) < 4.78 is 6.00. The molecular formula is C18H30IN3OS. The molecule has 1 atom stereocenters. The molecule has 4 nitrogen and oxygen atoms in total. The van der Waals surface area contributed by atoms with Crippen LogP contribution in [0.1, 0.15) is 30.1 Å². The van der Waals surface area contributed by atoms with Crippen molar-refractivity contribution in [3.63, 3.8) is 0 Å². The molecule has 1 aromatic carbocycles. The normalized spacial score (nSPS) is 18.2. The maximum Gasteiger partial charge on any atom is 0.193 e. The number of hydrogen-bond acceptors (Lipinski definition) is 3. The summed E-state index contributed by atoms with van der Waals surface area (Å²) in [5.41, 5.74) is 2.58. The van der Waals surface area contributed by atoms with Crippen LogP contribution in [0.4, 0.5) is 0 Å². The molecule has 1 saturated heterocycles. The Hall–Kier alpha value is -0.470. The molecule has 1 N–H and O–H groups in total. The molecule has 1 heterocycles. The lowest BCUT2D eigenvalue weighted by Crippen LogP contribution is -2.48. The number of halogens is 1. The van der Waals surface area contributed by atoms with E-state index in [2.05, 4.69) is 52.7 Å². The first-order valence-electron chi connectivity index (χ1n) is 8.38. The number of morpholine rings is 1. The number of thioether (sulfide) groups is 1. The van der Waals surface area contributed by atoms with Crippen molar-refractivity contribution in [2.75, 3.05) is 45.3 Å². The van der Waals surface area contributed by atoms with Crippen molar-refractivity contribution >= 4 is 41.7 Å². The van der Waals surface area contributed by atoms with Gasteiger partial charge in [0.15, 0.2) is 5.96 Å². The molecule has 1 aliphatic heterocycles. The molecule has 2 rings (SSSR count). The third kappa shape index (κ3) is 6.44. The van der Waals surface area contributed by atoms with E-state index in [0.717, 1.165) is 32.2 Å². The second-order valence-electron chi connectivity index (χ2n) is 5.84. The first-order chi connectivity index (χ1) is 11.3. The molecule has 6 heteroatoms. The highest BCUT2D eigenvalue weighted by atomic mass is 127. The zero-order chi connectivity index (χ0) is 16.5. The van der Waals surface area contributed by atoms with Gasteiger partial charge in [0.1, 0.15) is 6.10 Å². The maximum atomic E-state index is 6.00. The first kappa shape index (κ1) is 21.6.